The molecule has 0 atom stereocenters. The molecule has 1 aromatic heterocycles. The maximum atomic E-state index is 11.2. The van der Waals surface area contributed by atoms with Gasteiger partial charge in [0.25, 0.3) is 0 Å². The molecule has 0 radical (unpaired) electrons. The standard InChI is InChI=1S/C20H20ClN3O2/c1-14-19(11-23(2)3)22-13-24(14)16-7-9-17(10-8-16)26-20-15(12-25)5-4-6-18(20)21/h4-10,12-13H,11H2,1-3H3. The Morgan fingerprint density at radius 1 is 1.19 bits per heavy atom. The number of rotatable bonds is 6. The van der Waals surface area contributed by atoms with Crippen LogP contribution in [0.2, 0.25) is 5.02 Å². The van der Waals surface area contributed by atoms with Gasteiger partial charge in [-0.3, -0.25) is 4.79 Å². The molecule has 5 nitrogen and oxygen atoms in total. The second kappa shape index (κ2) is 7.72. The van der Waals surface area contributed by atoms with Crippen molar-refractivity contribution in [1.82, 2.24) is 14.5 Å². The van der Waals surface area contributed by atoms with E-state index in [9.17, 15) is 4.79 Å². The third-order valence-electron chi connectivity index (χ3n) is 4.03. The number of para-hydroxylation sites is 1. The zero-order chi connectivity index (χ0) is 18.7. The van der Waals surface area contributed by atoms with E-state index in [2.05, 4.69) is 16.8 Å². The lowest BCUT2D eigenvalue weighted by atomic mass is 10.2. The van der Waals surface area contributed by atoms with Crippen LogP contribution in [0.1, 0.15) is 21.7 Å². The van der Waals surface area contributed by atoms with Crippen molar-refractivity contribution in [3.63, 3.8) is 0 Å². The van der Waals surface area contributed by atoms with Gasteiger partial charge in [0.15, 0.2) is 12.0 Å². The third-order valence-corrected chi connectivity index (χ3v) is 4.33. The Kier molecular flexibility index (Phi) is 5.40. The molecule has 0 unspecified atom stereocenters. The van der Waals surface area contributed by atoms with Crippen LogP contribution < -0.4 is 4.74 Å². The smallest absolute Gasteiger partial charge is 0.156 e. The Hall–Kier alpha value is -2.63. The summed E-state index contributed by atoms with van der Waals surface area (Å²) < 4.78 is 7.85. The molecule has 0 aliphatic carbocycles. The van der Waals surface area contributed by atoms with Crippen molar-refractivity contribution in [3.05, 3.63) is 70.8 Å². The summed E-state index contributed by atoms with van der Waals surface area (Å²) in [5.74, 6) is 0.972. The van der Waals surface area contributed by atoms with E-state index in [1.54, 1.807) is 18.2 Å². The molecule has 0 N–H and O–H groups in total. The van der Waals surface area contributed by atoms with Crippen LogP contribution in [0.5, 0.6) is 11.5 Å². The van der Waals surface area contributed by atoms with Crippen LogP contribution in [-0.4, -0.2) is 34.8 Å². The van der Waals surface area contributed by atoms with Gasteiger partial charge in [0, 0.05) is 17.9 Å². The van der Waals surface area contributed by atoms with Gasteiger partial charge in [0.2, 0.25) is 0 Å². The van der Waals surface area contributed by atoms with Crippen LogP contribution in [-0.2, 0) is 6.54 Å². The number of hydrogen-bond acceptors (Lipinski definition) is 4. The molecular weight excluding hydrogens is 350 g/mol. The Bertz CT molecular complexity index is 917. The minimum atomic E-state index is 0.365. The number of nitrogens with zero attached hydrogens (tertiary/aromatic N) is 3. The van der Waals surface area contributed by atoms with Crippen LogP contribution in [0.15, 0.2) is 48.8 Å². The van der Waals surface area contributed by atoms with Gasteiger partial charge in [-0.2, -0.15) is 0 Å². The van der Waals surface area contributed by atoms with Crippen molar-refractivity contribution < 1.29 is 9.53 Å². The highest BCUT2D eigenvalue weighted by Gasteiger charge is 2.11. The van der Waals surface area contributed by atoms with Gasteiger partial charge in [0.05, 0.1) is 22.6 Å². The van der Waals surface area contributed by atoms with Crippen LogP contribution in [0.3, 0.4) is 0 Å². The van der Waals surface area contributed by atoms with Gasteiger partial charge in [0.1, 0.15) is 5.75 Å². The minimum Gasteiger partial charge on any atom is -0.455 e. The van der Waals surface area contributed by atoms with Crippen molar-refractivity contribution in [2.75, 3.05) is 14.1 Å². The third kappa shape index (κ3) is 3.79. The highest BCUT2D eigenvalue weighted by atomic mass is 35.5. The zero-order valence-corrected chi connectivity index (χ0v) is 15.7. The summed E-state index contributed by atoms with van der Waals surface area (Å²) in [7, 11) is 4.04. The lowest BCUT2D eigenvalue weighted by Gasteiger charge is -2.12. The van der Waals surface area contributed by atoms with Crippen molar-refractivity contribution in [2.24, 2.45) is 0 Å². The molecule has 0 saturated heterocycles. The average molecular weight is 370 g/mol. The van der Waals surface area contributed by atoms with Gasteiger partial charge in [-0.05, 0) is 57.4 Å². The topological polar surface area (TPSA) is 47.4 Å². The van der Waals surface area contributed by atoms with Gasteiger partial charge < -0.3 is 14.2 Å². The number of halogens is 1. The second-order valence-corrected chi connectivity index (χ2v) is 6.66. The first-order valence-corrected chi connectivity index (χ1v) is 8.57. The van der Waals surface area contributed by atoms with Crippen molar-refractivity contribution in [2.45, 2.75) is 13.5 Å². The Labute approximate surface area is 157 Å². The number of carbonyl (C=O) groups is 1. The SMILES string of the molecule is Cc1c(CN(C)C)ncn1-c1ccc(Oc2c(Cl)cccc2C=O)cc1. The molecule has 0 saturated carbocycles. The number of imidazole rings is 1. The van der Waals surface area contributed by atoms with E-state index in [1.807, 2.05) is 49.3 Å². The average Bonchev–Trinajstić information content (AvgIpc) is 2.97. The zero-order valence-electron chi connectivity index (χ0n) is 14.9. The molecule has 0 bridgehead atoms. The number of ether oxygens (including phenoxy) is 1. The monoisotopic (exact) mass is 369 g/mol. The molecule has 0 fully saturated rings. The summed E-state index contributed by atoms with van der Waals surface area (Å²) in [5.41, 5.74) is 3.55. The predicted octanol–water partition coefficient (Wildman–Crippen LogP) is 4.50. The summed E-state index contributed by atoms with van der Waals surface area (Å²) in [6.45, 7) is 2.84. The molecule has 2 aromatic carbocycles. The maximum Gasteiger partial charge on any atom is 0.156 e. The maximum absolute atomic E-state index is 11.2. The second-order valence-electron chi connectivity index (χ2n) is 6.26. The van der Waals surface area contributed by atoms with Gasteiger partial charge in [-0.25, -0.2) is 4.98 Å². The first-order valence-electron chi connectivity index (χ1n) is 8.19. The fourth-order valence-electron chi connectivity index (χ4n) is 2.68. The van der Waals surface area contributed by atoms with Crippen molar-refractivity contribution in [3.8, 4) is 17.2 Å². The quantitative estimate of drug-likeness (QED) is 0.600. The van der Waals surface area contributed by atoms with Crippen LogP contribution in [0.4, 0.5) is 0 Å². The number of aldehydes is 1. The van der Waals surface area contributed by atoms with Gasteiger partial charge in [-0.1, -0.05) is 17.7 Å². The lowest BCUT2D eigenvalue weighted by Crippen LogP contribution is -2.12. The van der Waals surface area contributed by atoms with E-state index in [4.69, 9.17) is 16.3 Å². The van der Waals surface area contributed by atoms with E-state index < -0.39 is 0 Å². The van der Waals surface area contributed by atoms with E-state index in [-0.39, 0.29) is 0 Å². The van der Waals surface area contributed by atoms with Crippen LogP contribution in [0.25, 0.3) is 5.69 Å². The fraction of sp³-hybridized carbons (Fsp3) is 0.200. The van der Waals surface area contributed by atoms with E-state index in [0.29, 0.717) is 22.1 Å². The molecule has 0 aliphatic rings. The summed E-state index contributed by atoms with van der Waals surface area (Å²) in [5, 5.41) is 0.400. The van der Waals surface area contributed by atoms with Gasteiger partial charge in [-0.15, -0.1) is 0 Å². The van der Waals surface area contributed by atoms with Crippen molar-refractivity contribution >= 4 is 17.9 Å². The molecule has 6 heteroatoms. The highest BCUT2D eigenvalue weighted by molar-refractivity contribution is 6.32. The number of benzene rings is 2. The fourth-order valence-corrected chi connectivity index (χ4v) is 2.90. The molecule has 0 aliphatic heterocycles. The molecule has 0 spiro atoms. The number of hydrogen-bond donors (Lipinski definition) is 0. The molecule has 3 rings (SSSR count). The molecular formula is C20H20ClN3O2. The Morgan fingerprint density at radius 2 is 1.92 bits per heavy atom. The molecule has 0 amide bonds. The lowest BCUT2D eigenvalue weighted by molar-refractivity contribution is 0.112. The summed E-state index contributed by atoms with van der Waals surface area (Å²) in [4.78, 5) is 17.8. The largest absolute Gasteiger partial charge is 0.455 e. The minimum absolute atomic E-state index is 0.365. The predicted molar refractivity (Wildman–Crippen MR) is 103 cm³/mol. The first-order chi connectivity index (χ1) is 12.5. The number of aromatic nitrogens is 2. The molecule has 3 aromatic rings. The Balaban J connectivity index is 1.84. The van der Waals surface area contributed by atoms with Gasteiger partial charge >= 0.3 is 0 Å². The van der Waals surface area contributed by atoms with E-state index >= 15 is 0 Å². The van der Waals surface area contributed by atoms with E-state index in [1.165, 1.54) is 0 Å². The number of carbonyl (C=O) groups excluding carboxylic acids is 1. The Morgan fingerprint density at radius 3 is 2.58 bits per heavy atom. The summed E-state index contributed by atoms with van der Waals surface area (Å²) in [6.07, 6.45) is 2.55. The molecule has 134 valence electrons. The highest BCUT2D eigenvalue weighted by Crippen LogP contribution is 2.32. The van der Waals surface area contributed by atoms with Crippen LogP contribution in [0, 0.1) is 6.92 Å². The molecule has 26 heavy (non-hydrogen) atoms. The van der Waals surface area contributed by atoms with Crippen LogP contribution >= 0.6 is 11.6 Å². The summed E-state index contributed by atoms with van der Waals surface area (Å²) in [6, 6.07) is 12.7. The molecule has 1 heterocycles. The first kappa shape index (κ1) is 18.2. The normalized spacial score (nSPS) is 11.0. The summed E-state index contributed by atoms with van der Waals surface area (Å²) >= 11 is 6.15. The van der Waals surface area contributed by atoms with E-state index in [0.717, 1.165) is 29.9 Å². The van der Waals surface area contributed by atoms with Crippen molar-refractivity contribution in [1.29, 1.82) is 0 Å².